The minimum atomic E-state index is -0.365. The van der Waals surface area contributed by atoms with Gasteiger partial charge in [-0.1, -0.05) is 12.1 Å². The first-order chi connectivity index (χ1) is 9.66. The van der Waals surface area contributed by atoms with Crippen LogP contribution in [0.3, 0.4) is 0 Å². The normalized spacial score (nSPS) is 17.6. The Kier molecular flexibility index (Phi) is 3.35. The molecule has 1 aliphatic carbocycles. The topological polar surface area (TPSA) is 30.0 Å². The molecular formula is C17H16FNO. The Morgan fingerprint density at radius 3 is 3.05 bits per heavy atom. The number of benzene rings is 1. The molecule has 1 atom stereocenters. The van der Waals surface area contributed by atoms with Crippen molar-refractivity contribution in [3.63, 3.8) is 0 Å². The summed E-state index contributed by atoms with van der Waals surface area (Å²) < 4.78 is 13.4. The molecule has 0 saturated heterocycles. The number of aryl methyl sites for hydroxylation is 2. The summed E-state index contributed by atoms with van der Waals surface area (Å²) in [6.45, 7) is 1.84. The van der Waals surface area contributed by atoms with Crippen LogP contribution in [0, 0.1) is 12.7 Å². The standard InChI is InChI=1S/C17H16FNO/c1-11-7-8-13(18)10-15(11)17(20)14-6-2-4-12-5-3-9-19-16(12)14/h3,5,7-10,14H,2,4,6H2,1H3. The van der Waals surface area contributed by atoms with Crippen LogP contribution >= 0.6 is 0 Å². The minimum Gasteiger partial charge on any atom is -0.293 e. The van der Waals surface area contributed by atoms with Gasteiger partial charge in [-0.15, -0.1) is 0 Å². The number of nitrogens with zero attached hydrogens (tertiary/aromatic N) is 1. The number of Topliss-reactive ketones (excluding diaryl/α,β-unsaturated/α-hetero) is 1. The molecule has 3 rings (SSSR count). The Labute approximate surface area is 117 Å². The van der Waals surface area contributed by atoms with Gasteiger partial charge in [0.2, 0.25) is 0 Å². The van der Waals surface area contributed by atoms with Gasteiger partial charge in [0.15, 0.2) is 5.78 Å². The van der Waals surface area contributed by atoms with Crippen molar-refractivity contribution in [2.45, 2.75) is 32.1 Å². The SMILES string of the molecule is Cc1ccc(F)cc1C(=O)C1CCCc2cccnc21. The predicted octanol–water partition coefficient (Wildman–Crippen LogP) is 3.83. The minimum absolute atomic E-state index is 0.0124. The van der Waals surface area contributed by atoms with Gasteiger partial charge in [0, 0.05) is 11.8 Å². The zero-order chi connectivity index (χ0) is 14.1. The lowest BCUT2D eigenvalue weighted by atomic mass is 9.81. The van der Waals surface area contributed by atoms with Gasteiger partial charge in [0.1, 0.15) is 5.82 Å². The van der Waals surface area contributed by atoms with Crippen LogP contribution < -0.4 is 0 Å². The van der Waals surface area contributed by atoms with Gasteiger partial charge in [0.25, 0.3) is 0 Å². The molecule has 0 amide bonds. The van der Waals surface area contributed by atoms with Gasteiger partial charge < -0.3 is 0 Å². The largest absolute Gasteiger partial charge is 0.293 e. The maximum absolute atomic E-state index is 13.4. The number of carbonyl (C=O) groups excluding carboxylic acids is 1. The molecule has 0 fully saturated rings. The molecule has 1 aromatic heterocycles. The molecule has 2 aromatic rings. The smallest absolute Gasteiger partial charge is 0.172 e. The fourth-order valence-electron chi connectivity index (χ4n) is 2.91. The molecule has 0 N–H and O–H groups in total. The van der Waals surface area contributed by atoms with E-state index in [1.165, 1.54) is 12.1 Å². The Morgan fingerprint density at radius 2 is 2.20 bits per heavy atom. The first kappa shape index (κ1) is 13.0. The average Bonchev–Trinajstić information content (AvgIpc) is 2.48. The van der Waals surface area contributed by atoms with E-state index in [9.17, 15) is 9.18 Å². The summed E-state index contributed by atoms with van der Waals surface area (Å²) in [6, 6.07) is 8.32. The maximum atomic E-state index is 13.4. The second-order valence-corrected chi connectivity index (χ2v) is 5.32. The molecule has 20 heavy (non-hydrogen) atoms. The second-order valence-electron chi connectivity index (χ2n) is 5.32. The van der Waals surface area contributed by atoms with E-state index < -0.39 is 0 Å². The van der Waals surface area contributed by atoms with E-state index in [0.29, 0.717) is 5.56 Å². The fraction of sp³-hybridized carbons (Fsp3) is 0.294. The highest BCUT2D eigenvalue weighted by molar-refractivity contribution is 6.02. The number of ketones is 1. The van der Waals surface area contributed by atoms with Crippen LogP contribution in [0.25, 0.3) is 0 Å². The molecule has 0 bridgehead atoms. The number of aromatic nitrogens is 1. The van der Waals surface area contributed by atoms with Crippen LogP contribution in [0.2, 0.25) is 0 Å². The molecule has 0 aliphatic heterocycles. The molecule has 0 radical (unpaired) electrons. The van der Waals surface area contributed by atoms with Crippen LogP contribution in [0.4, 0.5) is 4.39 Å². The van der Waals surface area contributed by atoms with E-state index in [1.807, 2.05) is 19.1 Å². The number of halogens is 1. The number of rotatable bonds is 2. The summed E-state index contributed by atoms with van der Waals surface area (Å²) in [5.41, 5.74) is 3.31. The van der Waals surface area contributed by atoms with Gasteiger partial charge in [-0.2, -0.15) is 0 Å². The molecule has 2 nitrogen and oxygen atoms in total. The third-order valence-electron chi connectivity index (χ3n) is 3.98. The Bertz CT molecular complexity index is 666. The van der Waals surface area contributed by atoms with Crippen LogP contribution in [0.1, 0.15) is 45.9 Å². The van der Waals surface area contributed by atoms with Crippen molar-refractivity contribution in [2.75, 3.05) is 0 Å². The van der Waals surface area contributed by atoms with Crippen molar-refractivity contribution in [3.8, 4) is 0 Å². The van der Waals surface area contributed by atoms with E-state index in [2.05, 4.69) is 4.98 Å². The molecule has 102 valence electrons. The molecule has 3 heteroatoms. The fourth-order valence-corrected chi connectivity index (χ4v) is 2.91. The highest BCUT2D eigenvalue weighted by atomic mass is 19.1. The number of carbonyl (C=O) groups is 1. The third kappa shape index (κ3) is 2.24. The quantitative estimate of drug-likeness (QED) is 0.775. The molecule has 0 spiro atoms. The van der Waals surface area contributed by atoms with Crippen LogP contribution in [-0.2, 0) is 6.42 Å². The van der Waals surface area contributed by atoms with Crippen molar-refractivity contribution in [1.29, 1.82) is 0 Å². The third-order valence-corrected chi connectivity index (χ3v) is 3.98. The number of hydrogen-bond acceptors (Lipinski definition) is 2. The Hall–Kier alpha value is -2.03. The van der Waals surface area contributed by atoms with Gasteiger partial charge in [-0.05, 0) is 55.5 Å². The number of pyridine rings is 1. The van der Waals surface area contributed by atoms with Crippen LogP contribution in [0.5, 0.6) is 0 Å². The summed E-state index contributed by atoms with van der Waals surface area (Å²) in [7, 11) is 0. The van der Waals surface area contributed by atoms with E-state index in [4.69, 9.17) is 0 Å². The van der Waals surface area contributed by atoms with Gasteiger partial charge in [-0.25, -0.2) is 4.39 Å². The number of hydrogen-bond donors (Lipinski definition) is 0. The first-order valence-corrected chi connectivity index (χ1v) is 6.91. The van der Waals surface area contributed by atoms with E-state index in [0.717, 1.165) is 36.1 Å². The van der Waals surface area contributed by atoms with Crippen LogP contribution in [0.15, 0.2) is 36.5 Å². The predicted molar refractivity (Wildman–Crippen MR) is 75.4 cm³/mol. The molecule has 1 unspecified atom stereocenters. The summed E-state index contributed by atoms with van der Waals surface area (Å²) >= 11 is 0. The molecule has 1 heterocycles. The van der Waals surface area contributed by atoms with E-state index >= 15 is 0 Å². The lowest BCUT2D eigenvalue weighted by molar-refractivity contribution is 0.0948. The van der Waals surface area contributed by atoms with Crippen molar-refractivity contribution >= 4 is 5.78 Å². The second kappa shape index (κ2) is 5.16. The molecular weight excluding hydrogens is 253 g/mol. The summed E-state index contributed by atoms with van der Waals surface area (Å²) in [4.78, 5) is 17.1. The Morgan fingerprint density at radius 1 is 1.35 bits per heavy atom. The van der Waals surface area contributed by atoms with Gasteiger partial charge in [0.05, 0.1) is 11.6 Å². The summed E-state index contributed by atoms with van der Waals surface area (Å²) in [6.07, 6.45) is 4.46. The maximum Gasteiger partial charge on any atom is 0.172 e. The van der Waals surface area contributed by atoms with E-state index in [1.54, 1.807) is 12.3 Å². The van der Waals surface area contributed by atoms with Gasteiger partial charge >= 0.3 is 0 Å². The zero-order valence-electron chi connectivity index (χ0n) is 11.4. The van der Waals surface area contributed by atoms with Crippen molar-refractivity contribution in [2.24, 2.45) is 0 Å². The number of fused-ring (bicyclic) bond motifs is 1. The Balaban J connectivity index is 2.02. The first-order valence-electron chi connectivity index (χ1n) is 6.91. The zero-order valence-corrected chi connectivity index (χ0v) is 11.4. The highest BCUT2D eigenvalue weighted by Crippen LogP contribution is 2.33. The lowest BCUT2D eigenvalue weighted by Crippen LogP contribution is -2.21. The summed E-state index contributed by atoms with van der Waals surface area (Å²) in [5, 5.41) is 0. The van der Waals surface area contributed by atoms with Gasteiger partial charge in [-0.3, -0.25) is 9.78 Å². The van der Waals surface area contributed by atoms with Crippen LogP contribution in [-0.4, -0.2) is 10.8 Å². The lowest BCUT2D eigenvalue weighted by Gasteiger charge is -2.23. The van der Waals surface area contributed by atoms with Crippen molar-refractivity contribution in [3.05, 3.63) is 64.7 Å². The van der Waals surface area contributed by atoms with Crippen molar-refractivity contribution < 1.29 is 9.18 Å². The average molecular weight is 269 g/mol. The highest BCUT2D eigenvalue weighted by Gasteiger charge is 2.29. The van der Waals surface area contributed by atoms with Crippen molar-refractivity contribution in [1.82, 2.24) is 4.98 Å². The van der Waals surface area contributed by atoms with E-state index in [-0.39, 0.29) is 17.5 Å². The summed E-state index contributed by atoms with van der Waals surface area (Å²) in [5.74, 6) is -0.613. The molecule has 1 aliphatic rings. The molecule has 0 saturated carbocycles. The molecule has 1 aromatic carbocycles. The monoisotopic (exact) mass is 269 g/mol.